The van der Waals surface area contributed by atoms with Gasteiger partial charge >= 0.3 is 5.97 Å². The molecular formula is C26H32N4O4S. The summed E-state index contributed by atoms with van der Waals surface area (Å²) < 4.78 is 5.43. The van der Waals surface area contributed by atoms with Gasteiger partial charge in [-0.2, -0.15) is 0 Å². The molecule has 1 aromatic rings. The highest BCUT2D eigenvalue weighted by Crippen LogP contribution is 2.45. The molecule has 0 aromatic heterocycles. The van der Waals surface area contributed by atoms with Crippen LogP contribution in [0.5, 0.6) is 0 Å². The van der Waals surface area contributed by atoms with Crippen molar-refractivity contribution in [2.24, 2.45) is 4.99 Å². The molecule has 2 amide bonds. The summed E-state index contributed by atoms with van der Waals surface area (Å²) in [5, 5.41) is 2.71. The first-order valence-electron chi connectivity index (χ1n) is 11.9. The maximum absolute atomic E-state index is 13.2. The molecule has 1 aromatic carbocycles. The summed E-state index contributed by atoms with van der Waals surface area (Å²) in [4.78, 5) is 48.3. The Bertz CT molecular complexity index is 1150. The molecule has 1 atom stereocenters. The van der Waals surface area contributed by atoms with Crippen LogP contribution >= 0.6 is 11.8 Å². The number of thioether (sulfide) groups is 1. The molecule has 4 rings (SSSR count). The van der Waals surface area contributed by atoms with Crippen molar-refractivity contribution in [1.29, 1.82) is 0 Å². The van der Waals surface area contributed by atoms with E-state index >= 15 is 0 Å². The number of benzene rings is 1. The van der Waals surface area contributed by atoms with Crippen molar-refractivity contribution < 1.29 is 19.1 Å². The van der Waals surface area contributed by atoms with Gasteiger partial charge in [-0.05, 0) is 44.2 Å². The fourth-order valence-electron chi connectivity index (χ4n) is 4.80. The predicted octanol–water partition coefficient (Wildman–Crippen LogP) is 3.52. The number of hydrogen-bond donors (Lipinski definition) is 0. The Kier molecular flexibility index (Phi) is 7.35. The summed E-state index contributed by atoms with van der Waals surface area (Å²) in [5.74, 6) is -0.350. The van der Waals surface area contributed by atoms with Gasteiger partial charge < -0.3 is 19.4 Å². The molecule has 0 radical (unpaired) electrons. The summed E-state index contributed by atoms with van der Waals surface area (Å²) in [5.41, 5.74) is 5.13. The van der Waals surface area contributed by atoms with E-state index in [4.69, 9.17) is 9.73 Å². The summed E-state index contributed by atoms with van der Waals surface area (Å²) in [6.45, 7) is 11.7. The quantitative estimate of drug-likeness (QED) is 0.580. The smallest absolute Gasteiger partial charge is 0.338 e. The second-order valence-electron chi connectivity index (χ2n) is 9.04. The second kappa shape index (κ2) is 10.3. The van der Waals surface area contributed by atoms with Crippen LogP contribution in [-0.2, 0) is 19.1 Å². The van der Waals surface area contributed by atoms with E-state index in [9.17, 15) is 14.4 Å². The topological polar surface area (TPSA) is 82.5 Å². The Morgan fingerprint density at radius 2 is 1.77 bits per heavy atom. The average Bonchev–Trinajstić information content (AvgIpc) is 3.20. The van der Waals surface area contributed by atoms with E-state index in [1.54, 1.807) is 18.7 Å². The maximum atomic E-state index is 13.2. The zero-order chi connectivity index (χ0) is 25.3. The normalized spacial score (nSPS) is 19.9. The lowest BCUT2D eigenvalue weighted by Crippen LogP contribution is -2.50. The van der Waals surface area contributed by atoms with E-state index in [1.165, 1.54) is 11.8 Å². The van der Waals surface area contributed by atoms with Crippen molar-refractivity contribution in [2.75, 3.05) is 32.8 Å². The van der Waals surface area contributed by atoms with Crippen LogP contribution in [0.1, 0.15) is 49.9 Å². The van der Waals surface area contributed by atoms with Crippen LogP contribution in [0, 0.1) is 13.8 Å². The minimum atomic E-state index is -0.425. The fourth-order valence-corrected chi connectivity index (χ4v) is 5.77. The number of allylic oxidation sites excluding steroid dienone is 1. The van der Waals surface area contributed by atoms with Crippen molar-refractivity contribution in [3.63, 3.8) is 0 Å². The molecule has 0 aliphatic carbocycles. The van der Waals surface area contributed by atoms with E-state index in [0.29, 0.717) is 37.4 Å². The minimum absolute atomic E-state index is 0.00430. The van der Waals surface area contributed by atoms with Gasteiger partial charge in [0, 0.05) is 38.8 Å². The maximum Gasteiger partial charge on any atom is 0.338 e. The number of esters is 1. The monoisotopic (exact) mass is 496 g/mol. The van der Waals surface area contributed by atoms with Gasteiger partial charge in [0.25, 0.3) is 0 Å². The molecule has 3 aliphatic rings. The summed E-state index contributed by atoms with van der Waals surface area (Å²) in [6.07, 6.45) is 0.197. The highest BCUT2D eigenvalue weighted by Gasteiger charge is 2.42. The van der Waals surface area contributed by atoms with Crippen molar-refractivity contribution >= 4 is 34.7 Å². The van der Waals surface area contributed by atoms with Crippen LogP contribution in [0.15, 0.2) is 45.6 Å². The van der Waals surface area contributed by atoms with Gasteiger partial charge in [-0.15, -0.1) is 0 Å². The van der Waals surface area contributed by atoms with Gasteiger partial charge in [-0.1, -0.05) is 35.5 Å². The molecule has 1 unspecified atom stereocenters. The summed E-state index contributed by atoms with van der Waals surface area (Å²) in [7, 11) is 0. The number of rotatable bonds is 5. The largest absolute Gasteiger partial charge is 0.463 e. The predicted molar refractivity (Wildman–Crippen MR) is 136 cm³/mol. The zero-order valence-electron chi connectivity index (χ0n) is 21.0. The molecule has 186 valence electrons. The number of amides is 2. The first kappa shape index (κ1) is 25.0. The third kappa shape index (κ3) is 5.00. The molecular weight excluding hydrogens is 464 g/mol. The number of hydrogen-bond acceptors (Lipinski definition) is 7. The lowest BCUT2D eigenvalue weighted by Gasteiger charge is -2.38. The third-order valence-electron chi connectivity index (χ3n) is 6.63. The number of nitrogens with zero attached hydrogens (tertiary/aromatic N) is 4. The second-order valence-corrected chi connectivity index (χ2v) is 9.87. The van der Waals surface area contributed by atoms with E-state index in [0.717, 1.165) is 27.6 Å². The Balaban J connectivity index is 1.64. The summed E-state index contributed by atoms with van der Waals surface area (Å²) in [6, 6.07) is 5.77. The van der Waals surface area contributed by atoms with Gasteiger partial charge in [0.15, 0.2) is 5.17 Å². The van der Waals surface area contributed by atoms with Crippen LogP contribution in [0.4, 0.5) is 0 Å². The van der Waals surface area contributed by atoms with Gasteiger partial charge in [-0.3, -0.25) is 9.59 Å². The van der Waals surface area contributed by atoms with Crippen molar-refractivity contribution in [3.05, 3.63) is 57.3 Å². The van der Waals surface area contributed by atoms with E-state index in [1.807, 2.05) is 48.1 Å². The molecule has 3 aliphatic heterocycles. The van der Waals surface area contributed by atoms with Crippen LogP contribution < -0.4 is 0 Å². The molecule has 1 fully saturated rings. The summed E-state index contributed by atoms with van der Waals surface area (Å²) >= 11 is 1.47. The number of carbonyl (C=O) groups excluding carboxylic acids is 3. The highest BCUT2D eigenvalue weighted by atomic mass is 32.2. The molecule has 0 spiro atoms. The standard InChI is InChI=1S/C26H32N4O4S/c1-6-34-25(33)23-18(4)27-26-30(24(23)21-8-7-16(2)13-17(21)3)20(15-35-26)14-22(32)29-11-9-28(10-12-29)19(5)31/h7-8,13,15,24H,6,9-12,14H2,1-5H3. The van der Waals surface area contributed by atoms with Crippen molar-refractivity contribution in [1.82, 2.24) is 14.7 Å². The highest BCUT2D eigenvalue weighted by molar-refractivity contribution is 8.16. The van der Waals surface area contributed by atoms with Crippen LogP contribution in [0.2, 0.25) is 0 Å². The van der Waals surface area contributed by atoms with Gasteiger partial charge in [0.05, 0.1) is 30.3 Å². The lowest BCUT2D eigenvalue weighted by molar-refractivity contribution is -0.139. The zero-order valence-corrected chi connectivity index (χ0v) is 21.8. The molecule has 0 bridgehead atoms. The first-order valence-corrected chi connectivity index (χ1v) is 12.8. The molecule has 9 heteroatoms. The molecule has 0 N–H and O–H groups in total. The Labute approximate surface area is 210 Å². The molecule has 8 nitrogen and oxygen atoms in total. The fraction of sp³-hybridized carbons (Fsp3) is 0.462. The Morgan fingerprint density at radius 3 is 2.40 bits per heavy atom. The van der Waals surface area contributed by atoms with E-state index in [-0.39, 0.29) is 30.8 Å². The van der Waals surface area contributed by atoms with Crippen LogP contribution in [-0.4, -0.2) is 70.4 Å². The van der Waals surface area contributed by atoms with E-state index in [2.05, 4.69) is 6.07 Å². The SMILES string of the molecule is CCOC(=O)C1=C(C)N=C2SC=C(CC(=O)N3CCN(C(C)=O)CC3)N2C1c1ccc(C)cc1C. The molecule has 0 saturated carbocycles. The minimum Gasteiger partial charge on any atom is -0.463 e. The lowest BCUT2D eigenvalue weighted by atomic mass is 9.90. The number of aryl methyl sites for hydroxylation is 2. The number of piperazine rings is 1. The number of carbonyl (C=O) groups is 3. The first-order chi connectivity index (χ1) is 16.7. The van der Waals surface area contributed by atoms with Crippen LogP contribution in [0.3, 0.4) is 0 Å². The van der Waals surface area contributed by atoms with Gasteiger partial charge in [0.1, 0.15) is 0 Å². The third-order valence-corrected chi connectivity index (χ3v) is 7.51. The average molecular weight is 497 g/mol. The molecule has 3 heterocycles. The Hall–Kier alpha value is -3.07. The number of fused-ring (bicyclic) bond motifs is 1. The van der Waals surface area contributed by atoms with Crippen molar-refractivity contribution in [2.45, 2.75) is 47.1 Å². The van der Waals surface area contributed by atoms with Gasteiger partial charge in [0.2, 0.25) is 11.8 Å². The number of amidine groups is 1. The Morgan fingerprint density at radius 1 is 1.09 bits per heavy atom. The van der Waals surface area contributed by atoms with Crippen molar-refractivity contribution in [3.8, 4) is 0 Å². The van der Waals surface area contributed by atoms with Crippen LogP contribution in [0.25, 0.3) is 0 Å². The van der Waals surface area contributed by atoms with E-state index < -0.39 is 6.04 Å². The molecule has 35 heavy (non-hydrogen) atoms. The van der Waals surface area contributed by atoms with Gasteiger partial charge in [-0.25, -0.2) is 9.79 Å². The number of aliphatic imine (C=N–C) groups is 1. The molecule has 1 saturated heterocycles. The number of ether oxygens (including phenoxy) is 1.